The van der Waals surface area contributed by atoms with E-state index in [2.05, 4.69) is 41.4 Å². The molecule has 1 aliphatic heterocycles. The largest absolute Gasteiger partial charge is 0.352 e. The van der Waals surface area contributed by atoms with Crippen molar-refractivity contribution >= 4 is 32.7 Å². The number of benzene rings is 2. The number of thiazole rings is 1. The first-order valence-corrected chi connectivity index (χ1v) is 12.0. The number of hydrogen-bond donors (Lipinski definition) is 1. The van der Waals surface area contributed by atoms with Crippen molar-refractivity contribution in [1.29, 1.82) is 0 Å². The Bertz CT molecular complexity index is 1280. The number of carbonyl (C=O) groups excluding carboxylic acids is 1. The van der Waals surface area contributed by atoms with Crippen LogP contribution in [0.5, 0.6) is 0 Å². The molecule has 0 radical (unpaired) electrons. The highest BCUT2D eigenvalue weighted by atomic mass is 32.1. The van der Waals surface area contributed by atoms with Gasteiger partial charge in [-0.25, -0.2) is 9.07 Å². The third-order valence-electron chi connectivity index (χ3n) is 6.10. The van der Waals surface area contributed by atoms with Crippen LogP contribution in [0.4, 0.5) is 9.52 Å². The molecule has 4 aromatic rings. The van der Waals surface area contributed by atoms with Gasteiger partial charge in [-0.1, -0.05) is 41.2 Å². The average Bonchev–Trinajstić information content (AvgIpc) is 3.40. The highest BCUT2D eigenvalue weighted by molar-refractivity contribution is 7.22. The van der Waals surface area contributed by atoms with Gasteiger partial charge in [-0.2, -0.15) is 10.1 Å². The summed E-state index contributed by atoms with van der Waals surface area (Å²) < 4.78 is 16.1. The van der Waals surface area contributed by atoms with E-state index in [0.29, 0.717) is 13.1 Å². The molecule has 33 heavy (non-hydrogen) atoms. The average molecular weight is 464 g/mol. The zero-order valence-electron chi connectivity index (χ0n) is 18.7. The van der Waals surface area contributed by atoms with Gasteiger partial charge >= 0.3 is 0 Å². The number of aromatic nitrogens is 3. The lowest BCUT2D eigenvalue weighted by molar-refractivity contribution is -0.125. The number of rotatable bonds is 5. The molecular weight excluding hydrogens is 437 g/mol. The maximum Gasteiger partial charge on any atom is 0.225 e. The predicted molar refractivity (Wildman–Crippen MR) is 129 cm³/mol. The lowest BCUT2D eigenvalue weighted by Gasteiger charge is -2.31. The summed E-state index contributed by atoms with van der Waals surface area (Å²) in [6.45, 7) is 6.01. The summed E-state index contributed by atoms with van der Waals surface area (Å²) in [5.41, 5.74) is 4.90. The van der Waals surface area contributed by atoms with E-state index in [1.54, 1.807) is 23.5 Å². The second-order valence-electron chi connectivity index (χ2n) is 8.61. The van der Waals surface area contributed by atoms with Crippen molar-refractivity contribution in [1.82, 2.24) is 20.1 Å². The molecule has 1 unspecified atom stereocenters. The molecule has 3 heterocycles. The van der Waals surface area contributed by atoms with Crippen LogP contribution in [0, 0.1) is 25.6 Å². The number of nitrogens with zero attached hydrogens (tertiary/aromatic N) is 4. The van der Waals surface area contributed by atoms with Crippen LogP contribution < -0.4 is 10.2 Å². The van der Waals surface area contributed by atoms with Gasteiger partial charge in [0, 0.05) is 19.6 Å². The second-order valence-corrected chi connectivity index (χ2v) is 9.59. The molecule has 0 aliphatic carbocycles. The van der Waals surface area contributed by atoms with Crippen LogP contribution in [0.2, 0.25) is 0 Å². The van der Waals surface area contributed by atoms with Gasteiger partial charge in [-0.05, 0) is 56.5 Å². The first-order chi connectivity index (χ1) is 16.0. The SMILES string of the molecule is Cc1ccc(-n2nc(C)c3sc(N4CCCC(C(=O)NCc5ccc(F)cc5)C4)nc32)cc1. The van der Waals surface area contributed by atoms with Gasteiger partial charge in [0.15, 0.2) is 10.8 Å². The number of nitrogens with one attached hydrogen (secondary N) is 1. The van der Waals surface area contributed by atoms with Crippen molar-refractivity contribution in [3.63, 3.8) is 0 Å². The number of amides is 1. The normalized spacial score (nSPS) is 16.3. The molecule has 1 aliphatic rings. The Labute approximate surface area is 196 Å². The van der Waals surface area contributed by atoms with E-state index >= 15 is 0 Å². The fourth-order valence-electron chi connectivity index (χ4n) is 4.23. The minimum Gasteiger partial charge on any atom is -0.352 e. The van der Waals surface area contributed by atoms with Gasteiger partial charge in [-0.3, -0.25) is 4.79 Å². The van der Waals surface area contributed by atoms with Gasteiger partial charge in [0.2, 0.25) is 5.91 Å². The number of hydrogen-bond acceptors (Lipinski definition) is 5. The number of halogens is 1. The summed E-state index contributed by atoms with van der Waals surface area (Å²) in [5, 5.41) is 8.64. The number of carbonyl (C=O) groups is 1. The van der Waals surface area contributed by atoms with E-state index in [1.165, 1.54) is 17.7 Å². The van der Waals surface area contributed by atoms with Crippen LogP contribution in [-0.2, 0) is 11.3 Å². The molecule has 5 rings (SSSR count). The lowest BCUT2D eigenvalue weighted by atomic mass is 9.97. The van der Waals surface area contributed by atoms with Crippen molar-refractivity contribution in [2.75, 3.05) is 18.0 Å². The molecule has 2 aromatic carbocycles. The Morgan fingerprint density at radius 3 is 2.67 bits per heavy atom. The van der Waals surface area contributed by atoms with Crippen molar-refractivity contribution in [3.8, 4) is 5.69 Å². The van der Waals surface area contributed by atoms with Crippen molar-refractivity contribution in [2.45, 2.75) is 33.2 Å². The Kier molecular flexibility index (Phi) is 5.85. The second kappa shape index (κ2) is 8.94. The molecule has 1 saturated heterocycles. The third kappa shape index (κ3) is 4.48. The molecule has 1 atom stereocenters. The number of anilines is 1. The fourth-order valence-corrected chi connectivity index (χ4v) is 5.25. The Balaban J connectivity index is 1.31. The summed E-state index contributed by atoms with van der Waals surface area (Å²) in [4.78, 5) is 20.0. The van der Waals surface area contributed by atoms with Crippen LogP contribution in [0.25, 0.3) is 16.0 Å². The van der Waals surface area contributed by atoms with Gasteiger partial charge < -0.3 is 10.2 Å². The lowest BCUT2D eigenvalue weighted by Crippen LogP contribution is -2.43. The van der Waals surface area contributed by atoms with Crippen molar-refractivity contribution in [2.24, 2.45) is 5.92 Å². The molecule has 1 amide bonds. The van der Waals surface area contributed by atoms with Gasteiger partial charge in [-0.15, -0.1) is 0 Å². The quantitative estimate of drug-likeness (QED) is 0.463. The fraction of sp³-hybridized carbons (Fsp3) is 0.320. The van der Waals surface area contributed by atoms with Gasteiger partial charge in [0.25, 0.3) is 0 Å². The Morgan fingerprint density at radius 1 is 1.15 bits per heavy atom. The summed E-state index contributed by atoms with van der Waals surface area (Å²) in [6, 6.07) is 14.5. The minimum absolute atomic E-state index is 0.0344. The van der Waals surface area contributed by atoms with E-state index in [-0.39, 0.29) is 17.6 Å². The van der Waals surface area contributed by atoms with E-state index in [9.17, 15) is 9.18 Å². The molecule has 1 fully saturated rings. The first-order valence-electron chi connectivity index (χ1n) is 11.2. The highest BCUT2D eigenvalue weighted by Gasteiger charge is 2.28. The number of piperidine rings is 1. The third-order valence-corrected chi connectivity index (χ3v) is 7.31. The topological polar surface area (TPSA) is 63.1 Å². The molecule has 6 nitrogen and oxygen atoms in total. The molecule has 0 bridgehead atoms. The standard InChI is InChI=1S/C25H26FN5OS/c1-16-5-11-21(12-6-16)31-23-22(17(2)29-31)33-25(28-23)30-13-3-4-19(15-30)24(32)27-14-18-7-9-20(26)10-8-18/h5-12,19H,3-4,13-15H2,1-2H3,(H,27,32). The van der Waals surface area contributed by atoms with Crippen LogP contribution in [-0.4, -0.2) is 33.8 Å². The summed E-state index contributed by atoms with van der Waals surface area (Å²) >= 11 is 1.64. The summed E-state index contributed by atoms with van der Waals surface area (Å²) in [5.74, 6) is -0.336. The van der Waals surface area contributed by atoms with Crippen molar-refractivity contribution in [3.05, 3.63) is 71.2 Å². The summed E-state index contributed by atoms with van der Waals surface area (Å²) in [7, 11) is 0. The maximum absolute atomic E-state index is 13.1. The predicted octanol–water partition coefficient (Wildman–Crippen LogP) is 4.77. The Morgan fingerprint density at radius 2 is 1.91 bits per heavy atom. The molecule has 8 heteroatoms. The van der Waals surface area contributed by atoms with Gasteiger partial charge in [0.05, 0.1) is 22.0 Å². The minimum atomic E-state index is -0.274. The zero-order chi connectivity index (χ0) is 22.9. The molecular formula is C25H26FN5OS. The summed E-state index contributed by atoms with van der Waals surface area (Å²) in [6.07, 6.45) is 1.79. The molecule has 0 spiro atoms. The van der Waals surface area contributed by atoms with E-state index in [0.717, 1.165) is 51.8 Å². The molecule has 0 saturated carbocycles. The highest BCUT2D eigenvalue weighted by Crippen LogP contribution is 2.34. The maximum atomic E-state index is 13.1. The Hall–Kier alpha value is -3.26. The van der Waals surface area contributed by atoms with Crippen LogP contribution in [0.3, 0.4) is 0 Å². The molecule has 1 N–H and O–H groups in total. The van der Waals surface area contributed by atoms with Crippen LogP contribution in [0.1, 0.15) is 29.7 Å². The van der Waals surface area contributed by atoms with Crippen molar-refractivity contribution < 1.29 is 9.18 Å². The van der Waals surface area contributed by atoms with E-state index < -0.39 is 0 Å². The zero-order valence-corrected chi connectivity index (χ0v) is 19.5. The van der Waals surface area contributed by atoms with Gasteiger partial charge in [0.1, 0.15) is 5.82 Å². The molecule has 2 aromatic heterocycles. The van der Waals surface area contributed by atoms with E-state index in [4.69, 9.17) is 10.1 Å². The van der Waals surface area contributed by atoms with Crippen LogP contribution >= 0.6 is 11.3 Å². The van der Waals surface area contributed by atoms with Crippen LogP contribution in [0.15, 0.2) is 48.5 Å². The number of fused-ring (bicyclic) bond motifs is 1. The molecule has 170 valence electrons. The monoisotopic (exact) mass is 463 g/mol. The van der Waals surface area contributed by atoms with E-state index in [1.807, 2.05) is 11.6 Å². The number of aryl methyl sites for hydroxylation is 2. The smallest absolute Gasteiger partial charge is 0.225 e. The first kappa shape index (κ1) is 21.6.